The summed E-state index contributed by atoms with van der Waals surface area (Å²) in [7, 11) is 0. The third-order valence-electron chi connectivity index (χ3n) is 14.4. The number of aromatic nitrogens is 2. The molecular weight excluding hydrogens is 1160 g/mol. The number of carbonyl (C=O) groups is 8. The van der Waals surface area contributed by atoms with Crippen LogP contribution in [0.2, 0.25) is 0 Å². The number of rotatable bonds is 16. The zero-order valence-electron chi connectivity index (χ0n) is 50.0. The molecule has 4 aromatic rings. The Kier molecular flexibility index (Phi) is 21.6. The fourth-order valence-electron chi connectivity index (χ4n) is 9.99. The van der Waals surface area contributed by atoms with Crippen molar-refractivity contribution in [2.45, 2.75) is 115 Å². The molecule has 3 aliphatic heterocycles. The average Bonchev–Trinajstić information content (AvgIpc) is 1.56. The van der Waals surface area contributed by atoms with Gasteiger partial charge < -0.3 is 59.0 Å². The summed E-state index contributed by atoms with van der Waals surface area (Å²) in [5, 5.41) is 24.2. The maximum absolute atomic E-state index is 14.2. The van der Waals surface area contributed by atoms with E-state index >= 15 is 0 Å². The lowest BCUT2D eigenvalue weighted by atomic mass is 10.1. The number of hydrogen-bond donors (Lipinski definition) is 2. The summed E-state index contributed by atoms with van der Waals surface area (Å²) < 4.78 is 79.6. The van der Waals surface area contributed by atoms with Crippen molar-refractivity contribution >= 4 is 69.4 Å². The van der Waals surface area contributed by atoms with Gasteiger partial charge in [0.15, 0.2) is 0 Å². The number of alkyl halides is 4. The van der Waals surface area contributed by atoms with Gasteiger partial charge in [0, 0.05) is 101 Å². The van der Waals surface area contributed by atoms with Crippen molar-refractivity contribution in [1.29, 1.82) is 10.5 Å². The first kappa shape index (κ1) is 66.4. The normalized spacial score (nSPS) is 18.1. The number of carbonyl (C=O) groups excluding carboxylic acids is 8. The lowest BCUT2D eigenvalue weighted by Gasteiger charge is -2.35. The van der Waals surface area contributed by atoms with Crippen LogP contribution in [0.25, 0.3) is 21.8 Å². The van der Waals surface area contributed by atoms with E-state index in [0.717, 1.165) is 9.80 Å². The van der Waals surface area contributed by atoms with E-state index in [0.29, 0.717) is 33.3 Å². The number of pyridine rings is 2. The Morgan fingerprint density at radius 3 is 1.24 bits per heavy atom. The fraction of sp³-hybridized carbons (Fsp3) is 0.533. The molecule has 0 spiro atoms. The monoisotopic (exact) mass is 1230 g/mol. The van der Waals surface area contributed by atoms with Crippen molar-refractivity contribution in [3.8, 4) is 23.6 Å². The van der Waals surface area contributed by atoms with E-state index < -0.39 is 110 Å². The van der Waals surface area contributed by atoms with E-state index in [4.69, 9.17) is 18.9 Å². The number of nitriles is 2. The molecule has 2 aromatic carbocycles. The summed E-state index contributed by atoms with van der Waals surface area (Å²) in [6.07, 6.45) is 0.204. The standard InChI is InChI=1S/C60H72F4N12O12/c1-57(2,3)87-55(83)73-23-21-71(49(77)9-7-27-85-41-11-13-47-45(29-41)43(15-17-67-47)53(81)69-35-51(79)75-37-59(61,62)31-39(75)33-65)19-20-72(22-24-74(26-25-73)56(84)88-58(4,5)6)50(78)10-8-28-86-42-12-14-48-46(30-42)44(16-18-68-48)54(82)70-36-52(80)76-38-60(63,64)32-40(76)34-66/h11-18,29-30,39-40H,7-10,19-28,31-32,35-38H2,1-6H3,(H,69,81)(H,70,82)/t39-,40-/m0/s1. The number of hydrogen-bond acceptors (Lipinski definition) is 16. The summed E-state index contributed by atoms with van der Waals surface area (Å²) in [5.74, 6) is -9.53. The zero-order chi connectivity index (χ0) is 64.1. The maximum atomic E-state index is 14.2. The predicted molar refractivity (Wildman–Crippen MR) is 308 cm³/mol. The minimum Gasteiger partial charge on any atom is -0.494 e. The van der Waals surface area contributed by atoms with Crippen LogP contribution in [0, 0.1) is 22.7 Å². The molecule has 3 aliphatic rings. The van der Waals surface area contributed by atoms with Crippen LogP contribution in [0.15, 0.2) is 60.9 Å². The minimum absolute atomic E-state index is 0.00272. The molecule has 2 aromatic heterocycles. The SMILES string of the molecule is CC(C)(C)OC(=O)N1CCN(C(=O)CCCOc2ccc3nccc(C(=O)NCC(=O)N4CC(F)(F)C[C@H]4C#N)c3c2)CCN(C(=O)CCCOc2ccc3nccc(C(=O)NCC(=O)N4CC(F)(F)C[C@H]4C#N)c3c2)CCN(C(=O)OC(C)(C)C)CC1. The van der Waals surface area contributed by atoms with Crippen LogP contribution in [-0.4, -0.2) is 214 Å². The molecule has 3 saturated heterocycles. The van der Waals surface area contributed by atoms with Crippen molar-refractivity contribution in [1.82, 2.24) is 50.0 Å². The second-order valence-electron chi connectivity index (χ2n) is 23.5. The quantitative estimate of drug-likeness (QED) is 0.0971. The van der Waals surface area contributed by atoms with Crippen LogP contribution in [0.4, 0.5) is 27.2 Å². The maximum Gasteiger partial charge on any atom is 0.410 e. The molecule has 0 radical (unpaired) electrons. The number of nitrogens with zero attached hydrogens (tertiary/aromatic N) is 10. The minimum atomic E-state index is -3.23. The first-order chi connectivity index (χ1) is 41.5. The highest BCUT2D eigenvalue weighted by molar-refractivity contribution is 6.08. The summed E-state index contributed by atoms with van der Waals surface area (Å²) in [4.78, 5) is 124. The first-order valence-electron chi connectivity index (χ1n) is 28.8. The van der Waals surface area contributed by atoms with Crippen molar-refractivity contribution in [2.75, 3.05) is 91.8 Å². The van der Waals surface area contributed by atoms with Gasteiger partial charge in [0.25, 0.3) is 23.7 Å². The van der Waals surface area contributed by atoms with Gasteiger partial charge in [-0.3, -0.25) is 38.7 Å². The Labute approximate surface area is 505 Å². The highest BCUT2D eigenvalue weighted by atomic mass is 19.3. The first-order valence-corrected chi connectivity index (χ1v) is 28.8. The third-order valence-corrected chi connectivity index (χ3v) is 14.4. The Bertz CT molecular complexity index is 3130. The lowest BCUT2D eigenvalue weighted by molar-refractivity contribution is -0.135. The van der Waals surface area contributed by atoms with E-state index in [9.17, 15) is 66.4 Å². The van der Waals surface area contributed by atoms with Crippen LogP contribution in [0.3, 0.4) is 0 Å². The molecule has 24 nitrogen and oxygen atoms in total. The summed E-state index contributed by atoms with van der Waals surface area (Å²) in [6, 6.07) is 13.2. The number of likely N-dealkylation sites (tertiary alicyclic amines) is 2. The van der Waals surface area contributed by atoms with Crippen LogP contribution in [0.5, 0.6) is 11.5 Å². The van der Waals surface area contributed by atoms with E-state index in [2.05, 4.69) is 20.6 Å². The van der Waals surface area contributed by atoms with Crippen molar-refractivity contribution in [3.05, 3.63) is 72.1 Å². The number of ether oxygens (including phenoxy) is 4. The highest BCUT2D eigenvalue weighted by Gasteiger charge is 2.48. The van der Waals surface area contributed by atoms with E-state index in [1.807, 2.05) is 0 Å². The lowest BCUT2D eigenvalue weighted by Crippen LogP contribution is -2.51. The second kappa shape index (κ2) is 28.6. The molecule has 0 aliphatic carbocycles. The molecule has 5 heterocycles. The summed E-state index contributed by atoms with van der Waals surface area (Å²) in [6.45, 7) is 7.29. The molecule has 472 valence electrons. The third kappa shape index (κ3) is 18.5. The Balaban J connectivity index is 0.993. The summed E-state index contributed by atoms with van der Waals surface area (Å²) in [5.41, 5.74) is -0.718. The molecule has 28 heteroatoms. The van der Waals surface area contributed by atoms with Gasteiger partial charge in [-0.2, -0.15) is 10.5 Å². The predicted octanol–water partition coefficient (Wildman–Crippen LogP) is 5.93. The van der Waals surface area contributed by atoms with Gasteiger partial charge in [0.1, 0.15) is 34.8 Å². The van der Waals surface area contributed by atoms with Gasteiger partial charge in [-0.05, 0) is 103 Å². The van der Waals surface area contributed by atoms with Gasteiger partial charge in [-0.15, -0.1) is 0 Å². The van der Waals surface area contributed by atoms with Crippen LogP contribution >= 0.6 is 0 Å². The number of halogens is 4. The Morgan fingerprint density at radius 1 is 0.545 bits per heavy atom. The van der Waals surface area contributed by atoms with Crippen LogP contribution in [-0.2, 0) is 28.7 Å². The van der Waals surface area contributed by atoms with Gasteiger partial charge in [-0.1, -0.05) is 0 Å². The van der Waals surface area contributed by atoms with E-state index in [1.54, 1.807) is 99.9 Å². The van der Waals surface area contributed by atoms with Gasteiger partial charge in [-0.25, -0.2) is 27.2 Å². The summed E-state index contributed by atoms with van der Waals surface area (Å²) >= 11 is 0. The number of benzene rings is 2. The molecule has 7 rings (SSSR count). The molecule has 3 fully saturated rings. The molecule has 0 unspecified atom stereocenters. The Morgan fingerprint density at radius 2 is 0.898 bits per heavy atom. The van der Waals surface area contributed by atoms with Gasteiger partial charge >= 0.3 is 12.2 Å². The molecule has 2 N–H and O–H groups in total. The number of fused-ring (bicyclic) bond motifs is 2. The molecule has 0 saturated carbocycles. The number of amides is 8. The van der Waals surface area contributed by atoms with Gasteiger partial charge in [0.05, 0.1) is 73.7 Å². The molecule has 8 amide bonds. The average molecular weight is 1230 g/mol. The molecular formula is C60H72F4N12O12. The fourth-order valence-corrected chi connectivity index (χ4v) is 9.99. The zero-order valence-corrected chi connectivity index (χ0v) is 50.0. The largest absolute Gasteiger partial charge is 0.494 e. The van der Waals surface area contributed by atoms with Crippen molar-refractivity contribution in [2.24, 2.45) is 0 Å². The molecule has 2 atom stereocenters. The highest BCUT2D eigenvalue weighted by Crippen LogP contribution is 2.33. The Hall–Kier alpha value is -9.08. The topological polar surface area (TPSA) is 290 Å². The smallest absolute Gasteiger partial charge is 0.410 e. The van der Waals surface area contributed by atoms with Crippen LogP contribution < -0.4 is 20.1 Å². The van der Waals surface area contributed by atoms with Gasteiger partial charge in [0.2, 0.25) is 23.6 Å². The van der Waals surface area contributed by atoms with E-state index in [-0.39, 0.29) is 114 Å². The molecule has 0 bridgehead atoms. The molecule has 88 heavy (non-hydrogen) atoms. The van der Waals surface area contributed by atoms with E-state index in [1.165, 1.54) is 34.3 Å². The van der Waals surface area contributed by atoms with Crippen molar-refractivity contribution < 1.29 is 74.9 Å². The second-order valence-corrected chi connectivity index (χ2v) is 23.5. The van der Waals surface area contributed by atoms with Crippen molar-refractivity contribution in [3.63, 3.8) is 0 Å². The van der Waals surface area contributed by atoms with Crippen LogP contribution in [0.1, 0.15) is 101 Å². The number of nitrogens with one attached hydrogen (secondary N) is 2.